The number of likely N-dealkylation sites (tertiary alicyclic amines) is 1. The van der Waals surface area contributed by atoms with Crippen molar-refractivity contribution >= 4 is 22.7 Å². The number of esters is 2. The largest absolute Gasteiger partial charge is 0.490 e. The van der Waals surface area contributed by atoms with E-state index in [4.69, 9.17) is 14.2 Å². The fraction of sp³-hybridized carbons (Fsp3) is 0.586. The lowest BCUT2D eigenvalue weighted by molar-refractivity contribution is -0.266. The van der Waals surface area contributed by atoms with E-state index in [9.17, 15) is 9.59 Å². The maximum Gasteiger partial charge on any atom is 0.422 e. The van der Waals surface area contributed by atoms with E-state index in [0.717, 1.165) is 85.8 Å². The molecule has 1 spiro atoms. The standard InChI is InChI=1S/C29H36N2O5/c1-30-15-5-8-23(14-16-30)34-24-11-12-25-22(18-24)10-9-21-13-17-31(19-20-6-3-2-4-7-20)29(26(21)25)35-27(32)28(33)36-29/h9-12,18,20,23H,2-8,13-17,19H2,1H3. The molecular weight excluding hydrogens is 456 g/mol. The molecule has 3 aliphatic heterocycles. The van der Waals surface area contributed by atoms with E-state index in [0.29, 0.717) is 12.5 Å². The average molecular weight is 493 g/mol. The van der Waals surface area contributed by atoms with Crippen molar-refractivity contribution in [3.8, 4) is 5.75 Å². The van der Waals surface area contributed by atoms with E-state index < -0.39 is 17.8 Å². The molecule has 192 valence electrons. The van der Waals surface area contributed by atoms with Crippen LogP contribution in [0.1, 0.15) is 62.5 Å². The Morgan fingerprint density at radius 2 is 1.72 bits per heavy atom. The Kier molecular flexibility index (Phi) is 6.38. The molecule has 3 heterocycles. The minimum Gasteiger partial charge on any atom is -0.490 e. The van der Waals surface area contributed by atoms with Crippen LogP contribution in [0.25, 0.3) is 10.8 Å². The Morgan fingerprint density at radius 3 is 2.53 bits per heavy atom. The van der Waals surface area contributed by atoms with Gasteiger partial charge >= 0.3 is 17.8 Å². The first-order chi connectivity index (χ1) is 17.5. The Morgan fingerprint density at radius 1 is 0.917 bits per heavy atom. The first kappa shape index (κ1) is 23.7. The van der Waals surface area contributed by atoms with Gasteiger partial charge in [-0.2, -0.15) is 0 Å². The molecule has 2 saturated heterocycles. The number of ether oxygens (including phenoxy) is 3. The topological polar surface area (TPSA) is 68.3 Å². The van der Waals surface area contributed by atoms with E-state index >= 15 is 0 Å². The van der Waals surface area contributed by atoms with Gasteiger partial charge in [0.15, 0.2) is 0 Å². The fourth-order valence-electron chi connectivity index (χ4n) is 6.57. The molecular formula is C29H36N2O5. The molecule has 3 fully saturated rings. The van der Waals surface area contributed by atoms with Crippen LogP contribution in [0, 0.1) is 5.92 Å². The molecule has 0 radical (unpaired) electrons. The number of benzene rings is 2. The zero-order chi connectivity index (χ0) is 24.7. The summed E-state index contributed by atoms with van der Waals surface area (Å²) in [7, 11) is 2.16. The molecule has 4 aliphatic rings. The van der Waals surface area contributed by atoms with Crippen molar-refractivity contribution in [2.24, 2.45) is 5.92 Å². The summed E-state index contributed by atoms with van der Waals surface area (Å²) in [6, 6.07) is 10.3. The van der Waals surface area contributed by atoms with Crippen LogP contribution in [-0.2, 0) is 31.4 Å². The summed E-state index contributed by atoms with van der Waals surface area (Å²) in [5.74, 6) is -1.93. The van der Waals surface area contributed by atoms with Crippen LogP contribution in [0.15, 0.2) is 30.3 Å². The summed E-state index contributed by atoms with van der Waals surface area (Å²) < 4.78 is 18.1. The summed E-state index contributed by atoms with van der Waals surface area (Å²) in [6.45, 7) is 3.60. The summed E-state index contributed by atoms with van der Waals surface area (Å²) in [6.07, 6.45) is 10.3. The van der Waals surface area contributed by atoms with Crippen molar-refractivity contribution in [3.05, 3.63) is 41.5 Å². The maximum atomic E-state index is 12.4. The summed E-state index contributed by atoms with van der Waals surface area (Å²) in [5.41, 5.74) is 1.86. The normalized spacial score (nSPS) is 25.4. The second-order valence-corrected chi connectivity index (χ2v) is 11.0. The van der Waals surface area contributed by atoms with Gasteiger partial charge in [-0.1, -0.05) is 37.5 Å². The highest BCUT2D eigenvalue weighted by Gasteiger charge is 2.58. The molecule has 1 aliphatic carbocycles. The van der Waals surface area contributed by atoms with Gasteiger partial charge in [-0.15, -0.1) is 0 Å². The molecule has 1 saturated carbocycles. The number of fused-ring (bicyclic) bond motifs is 4. The van der Waals surface area contributed by atoms with Crippen LogP contribution in [0.3, 0.4) is 0 Å². The lowest BCUT2D eigenvalue weighted by atomic mass is 9.86. The predicted molar refractivity (Wildman–Crippen MR) is 135 cm³/mol. The monoisotopic (exact) mass is 492 g/mol. The van der Waals surface area contributed by atoms with Crippen LogP contribution in [0.2, 0.25) is 0 Å². The van der Waals surface area contributed by atoms with Crippen LogP contribution < -0.4 is 4.74 Å². The van der Waals surface area contributed by atoms with Gasteiger partial charge in [0, 0.05) is 19.6 Å². The molecule has 0 aromatic heterocycles. The van der Waals surface area contributed by atoms with Gasteiger partial charge < -0.3 is 19.1 Å². The summed E-state index contributed by atoms with van der Waals surface area (Å²) >= 11 is 0. The molecule has 0 bridgehead atoms. The number of hydrogen-bond donors (Lipinski definition) is 0. The maximum absolute atomic E-state index is 12.4. The molecule has 1 unspecified atom stereocenters. The Hall–Kier alpha value is -2.64. The van der Waals surface area contributed by atoms with Crippen molar-refractivity contribution in [1.29, 1.82) is 0 Å². The molecule has 0 N–H and O–H groups in total. The predicted octanol–water partition coefficient (Wildman–Crippen LogP) is 4.35. The number of rotatable bonds is 4. The molecule has 2 aromatic rings. The van der Waals surface area contributed by atoms with E-state index in [1.165, 1.54) is 19.3 Å². The second kappa shape index (κ2) is 9.67. The van der Waals surface area contributed by atoms with E-state index in [2.05, 4.69) is 35.0 Å². The van der Waals surface area contributed by atoms with Gasteiger partial charge in [0.2, 0.25) is 0 Å². The molecule has 6 rings (SSSR count). The lowest BCUT2D eigenvalue weighted by Crippen LogP contribution is -2.53. The number of carbonyl (C=O) groups excluding carboxylic acids is 2. The molecule has 7 nitrogen and oxygen atoms in total. The zero-order valence-corrected chi connectivity index (χ0v) is 21.2. The van der Waals surface area contributed by atoms with Crippen LogP contribution in [0.5, 0.6) is 5.75 Å². The lowest BCUT2D eigenvalue weighted by Gasteiger charge is -2.43. The van der Waals surface area contributed by atoms with Gasteiger partial charge in [0.1, 0.15) is 5.75 Å². The highest BCUT2D eigenvalue weighted by molar-refractivity contribution is 6.31. The first-order valence-electron chi connectivity index (χ1n) is 13.6. The van der Waals surface area contributed by atoms with Crippen molar-refractivity contribution in [2.45, 2.75) is 69.8 Å². The van der Waals surface area contributed by atoms with Crippen LogP contribution >= 0.6 is 0 Å². The number of nitrogens with zero attached hydrogens (tertiary/aromatic N) is 2. The van der Waals surface area contributed by atoms with Gasteiger partial charge in [-0.25, -0.2) is 14.5 Å². The third kappa shape index (κ3) is 4.37. The Balaban J connectivity index is 1.35. The summed E-state index contributed by atoms with van der Waals surface area (Å²) in [5, 5.41) is 1.94. The number of carbonyl (C=O) groups is 2. The van der Waals surface area contributed by atoms with Crippen molar-refractivity contribution in [3.63, 3.8) is 0 Å². The molecule has 0 amide bonds. The smallest absolute Gasteiger partial charge is 0.422 e. The highest BCUT2D eigenvalue weighted by atomic mass is 16.8. The highest BCUT2D eigenvalue weighted by Crippen LogP contribution is 2.46. The van der Waals surface area contributed by atoms with E-state index in [1.54, 1.807) is 0 Å². The van der Waals surface area contributed by atoms with Crippen molar-refractivity contribution < 1.29 is 23.8 Å². The molecule has 36 heavy (non-hydrogen) atoms. The minimum atomic E-state index is -1.48. The van der Waals surface area contributed by atoms with Gasteiger partial charge in [-0.3, -0.25) is 0 Å². The van der Waals surface area contributed by atoms with E-state index in [-0.39, 0.29) is 6.10 Å². The first-order valence-corrected chi connectivity index (χ1v) is 13.6. The van der Waals surface area contributed by atoms with Gasteiger partial charge in [0.25, 0.3) is 0 Å². The SMILES string of the molecule is CN1CCCC(Oc2ccc3c4c(ccc3c2)CCN(CC2CCCCC2)C42OC(=O)C(=O)O2)CC1. The molecule has 1 atom stereocenters. The fourth-order valence-corrected chi connectivity index (χ4v) is 6.57. The Bertz CT molecular complexity index is 1140. The zero-order valence-electron chi connectivity index (χ0n) is 21.2. The van der Waals surface area contributed by atoms with Crippen molar-refractivity contribution in [1.82, 2.24) is 9.80 Å². The second-order valence-electron chi connectivity index (χ2n) is 11.0. The average Bonchev–Trinajstić information content (AvgIpc) is 3.03. The third-order valence-corrected chi connectivity index (χ3v) is 8.49. The van der Waals surface area contributed by atoms with Gasteiger partial charge in [0.05, 0.1) is 11.7 Å². The quantitative estimate of drug-likeness (QED) is 0.464. The van der Waals surface area contributed by atoms with Crippen LogP contribution in [-0.4, -0.2) is 61.1 Å². The third-order valence-electron chi connectivity index (χ3n) is 8.49. The minimum absolute atomic E-state index is 0.207. The van der Waals surface area contributed by atoms with Crippen LogP contribution in [0.4, 0.5) is 0 Å². The van der Waals surface area contributed by atoms with Crippen molar-refractivity contribution in [2.75, 3.05) is 33.2 Å². The molecule has 7 heteroatoms. The van der Waals surface area contributed by atoms with Gasteiger partial charge in [-0.05, 0) is 86.5 Å². The number of hydrogen-bond acceptors (Lipinski definition) is 7. The van der Waals surface area contributed by atoms with E-state index in [1.807, 2.05) is 12.1 Å². The molecule has 2 aromatic carbocycles. The Labute approximate surface area is 212 Å². The summed E-state index contributed by atoms with van der Waals surface area (Å²) in [4.78, 5) is 29.3.